The van der Waals surface area contributed by atoms with Gasteiger partial charge in [0.15, 0.2) is 6.29 Å². The van der Waals surface area contributed by atoms with Crippen LogP contribution in [-0.4, -0.2) is 31.2 Å². The van der Waals surface area contributed by atoms with E-state index in [0.717, 1.165) is 24.9 Å². The van der Waals surface area contributed by atoms with Gasteiger partial charge >= 0.3 is 0 Å². The molecule has 0 spiro atoms. The third kappa shape index (κ3) is 4.46. The molecule has 0 N–H and O–H groups in total. The summed E-state index contributed by atoms with van der Waals surface area (Å²) in [6.45, 7) is 7.61. The van der Waals surface area contributed by atoms with Crippen LogP contribution in [0, 0.1) is 17.8 Å². The standard InChI is InChI=1S/C19H34O3/c1-4-5-6-7-15-14(8-9-16-18(15)21-16)12-17-19(22-17)20-11-10-13(2)3/h13-19H,4-12H2,1-3H3. The Morgan fingerprint density at radius 2 is 2.00 bits per heavy atom. The maximum absolute atomic E-state index is 5.90. The Hall–Kier alpha value is -0.120. The van der Waals surface area contributed by atoms with Gasteiger partial charge in [0.05, 0.1) is 18.8 Å². The van der Waals surface area contributed by atoms with Gasteiger partial charge in [-0.2, -0.15) is 0 Å². The molecule has 3 nitrogen and oxygen atoms in total. The smallest absolute Gasteiger partial charge is 0.184 e. The monoisotopic (exact) mass is 310 g/mol. The second kappa shape index (κ2) is 7.63. The summed E-state index contributed by atoms with van der Waals surface area (Å²) in [6.07, 6.45) is 11.9. The van der Waals surface area contributed by atoms with Crippen LogP contribution in [0.2, 0.25) is 0 Å². The fourth-order valence-electron chi connectivity index (χ4n) is 4.11. The van der Waals surface area contributed by atoms with Crippen LogP contribution in [0.1, 0.15) is 72.1 Å². The normalized spacial score (nSPS) is 39.8. The van der Waals surface area contributed by atoms with Crippen molar-refractivity contribution in [1.29, 1.82) is 0 Å². The number of epoxide rings is 2. The first-order chi connectivity index (χ1) is 10.7. The predicted octanol–water partition coefficient (Wildman–Crippen LogP) is 4.54. The van der Waals surface area contributed by atoms with Gasteiger partial charge in [-0.1, -0.05) is 40.0 Å². The van der Waals surface area contributed by atoms with Crippen LogP contribution in [0.5, 0.6) is 0 Å². The summed E-state index contributed by atoms with van der Waals surface area (Å²) in [5.41, 5.74) is 0. The number of hydrogen-bond acceptors (Lipinski definition) is 3. The SMILES string of the molecule is CCCCCC1C(CC2OC2OCCC(C)C)CCC2OC21. The molecular formula is C19H34O3. The van der Waals surface area contributed by atoms with Crippen LogP contribution in [0.4, 0.5) is 0 Å². The van der Waals surface area contributed by atoms with Gasteiger partial charge < -0.3 is 14.2 Å². The number of ether oxygens (including phenoxy) is 3. The molecule has 0 bridgehead atoms. The Kier molecular flexibility index (Phi) is 5.80. The van der Waals surface area contributed by atoms with E-state index in [0.29, 0.717) is 24.2 Å². The highest BCUT2D eigenvalue weighted by molar-refractivity contribution is 4.99. The molecule has 2 heterocycles. The van der Waals surface area contributed by atoms with E-state index in [-0.39, 0.29) is 6.29 Å². The summed E-state index contributed by atoms with van der Waals surface area (Å²) in [6, 6.07) is 0. The van der Waals surface area contributed by atoms with Crippen molar-refractivity contribution in [3.05, 3.63) is 0 Å². The molecule has 6 atom stereocenters. The van der Waals surface area contributed by atoms with E-state index in [2.05, 4.69) is 20.8 Å². The first-order valence-electron chi connectivity index (χ1n) is 9.61. The van der Waals surface area contributed by atoms with Gasteiger partial charge in [0.2, 0.25) is 0 Å². The molecule has 0 aromatic carbocycles. The van der Waals surface area contributed by atoms with Crippen molar-refractivity contribution in [1.82, 2.24) is 0 Å². The molecule has 128 valence electrons. The highest BCUT2D eigenvalue weighted by atomic mass is 16.8. The molecule has 1 aliphatic carbocycles. The third-order valence-electron chi connectivity index (χ3n) is 5.66. The van der Waals surface area contributed by atoms with E-state index in [1.165, 1.54) is 44.9 Å². The quantitative estimate of drug-likeness (QED) is 0.439. The van der Waals surface area contributed by atoms with Crippen LogP contribution in [-0.2, 0) is 14.2 Å². The van der Waals surface area contributed by atoms with Crippen molar-refractivity contribution in [2.24, 2.45) is 17.8 Å². The van der Waals surface area contributed by atoms with E-state index in [1.54, 1.807) is 0 Å². The van der Waals surface area contributed by atoms with Crippen molar-refractivity contribution >= 4 is 0 Å². The predicted molar refractivity (Wildman–Crippen MR) is 87.7 cm³/mol. The summed E-state index contributed by atoms with van der Waals surface area (Å²) < 4.78 is 17.5. The number of fused-ring (bicyclic) bond motifs is 1. The highest BCUT2D eigenvalue weighted by Crippen LogP contribution is 2.49. The molecule has 22 heavy (non-hydrogen) atoms. The van der Waals surface area contributed by atoms with Gasteiger partial charge in [0, 0.05) is 0 Å². The minimum atomic E-state index is 0.0906. The molecule has 3 aliphatic rings. The topological polar surface area (TPSA) is 34.3 Å². The summed E-state index contributed by atoms with van der Waals surface area (Å²) in [7, 11) is 0. The van der Waals surface area contributed by atoms with Crippen molar-refractivity contribution < 1.29 is 14.2 Å². The first kappa shape index (κ1) is 16.7. The fourth-order valence-corrected chi connectivity index (χ4v) is 4.11. The minimum absolute atomic E-state index is 0.0906. The van der Waals surface area contributed by atoms with Gasteiger partial charge in [-0.05, 0) is 49.9 Å². The zero-order chi connectivity index (χ0) is 15.5. The van der Waals surface area contributed by atoms with Crippen LogP contribution in [0.15, 0.2) is 0 Å². The van der Waals surface area contributed by atoms with Gasteiger partial charge in [-0.3, -0.25) is 0 Å². The van der Waals surface area contributed by atoms with Crippen molar-refractivity contribution in [3.8, 4) is 0 Å². The molecule has 0 aromatic rings. The molecule has 1 saturated carbocycles. The van der Waals surface area contributed by atoms with E-state index in [1.807, 2.05) is 0 Å². The molecular weight excluding hydrogens is 276 g/mol. The molecule has 0 radical (unpaired) electrons. The Morgan fingerprint density at radius 3 is 2.77 bits per heavy atom. The number of unbranched alkanes of at least 4 members (excludes halogenated alkanes) is 2. The zero-order valence-corrected chi connectivity index (χ0v) is 14.6. The largest absolute Gasteiger partial charge is 0.369 e. The number of rotatable bonds is 10. The second-order valence-electron chi connectivity index (χ2n) is 7.97. The van der Waals surface area contributed by atoms with Crippen LogP contribution in [0.25, 0.3) is 0 Å². The summed E-state index contributed by atoms with van der Waals surface area (Å²) >= 11 is 0. The lowest BCUT2D eigenvalue weighted by molar-refractivity contribution is 0.0441. The minimum Gasteiger partial charge on any atom is -0.369 e. The first-order valence-corrected chi connectivity index (χ1v) is 9.61. The van der Waals surface area contributed by atoms with E-state index >= 15 is 0 Å². The molecule has 0 amide bonds. The summed E-state index contributed by atoms with van der Waals surface area (Å²) in [5.74, 6) is 2.29. The van der Waals surface area contributed by atoms with Crippen LogP contribution >= 0.6 is 0 Å². The maximum Gasteiger partial charge on any atom is 0.184 e. The summed E-state index contributed by atoms with van der Waals surface area (Å²) in [4.78, 5) is 0. The lowest BCUT2D eigenvalue weighted by atomic mass is 9.74. The van der Waals surface area contributed by atoms with E-state index in [4.69, 9.17) is 14.2 Å². The van der Waals surface area contributed by atoms with Gasteiger partial charge in [-0.15, -0.1) is 0 Å². The highest BCUT2D eigenvalue weighted by Gasteiger charge is 2.53. The fraction of sp³-hybridized carbons (Fsp3) is 1.00. The Morgan fingerprint density at radius 1 is 1.14 bits per heavy atom. The van der Waals surface area contributed by atoms with Gasteiger partial charge in [0.1, 0.15) is 6.10 Å². The van der Waals surface area contributed by atoms with E-state index < -0.39 is 0 Å². The molecule has 0 aromatic heterocycles. The number of hydrogen-bond donors (Lipinski definition) is 0. The van der Waals surface area contributed by atoms with Crippen molar-refractivity contribution in [2.75, 3.05) is 6.61 Å². The van der Waals surface area contributed by atoms with Gasteiger partial charge in [-0.25, -0.2) is 0 Å². The second-order valence-corrected chi connectivity index (χ2v) is 7.97. The third-order valence-corrected chi connectivity index (χ3v) is 5.66. The molecule has 3 fully saturated rings. The molecule has 2 saturated heterocycles. The Balaban J connectivity index is 1.39. The van der Waals surface area contributed by atoms with Crippen molar-refractivity contribution in [2.45, 2.75) is 96.7 Å². The van der Waals surface area contributed by atoms with Crippen molar-refractivity contribution in [3.63, 3.8) is 0 Å². The molecule has 3 rings (SSSR count). The van der Waals surface area contributed by atoms with Crippen LogP contribution in [0.3, 0.4) is 0 Å². The molecule has 6 unspecified atom stereocenters. The Bertz CT molecular complexity index is 344. The summed E-state index contributed by atoms with van der Waals surface area (Å²) in [5, 5.41) is 0. The average molecular weight is 310 g/mol. The zero-order valence-electron chi connectivity index (χ0n) is 14.6. The average Bonchev–Trinajstić information content (AvgIpc) is 3.37. The van der Waals surface area contributed by atoms with E-state index in [9.17, 15) is 0 Å². The maximum atomic E-state index is 5.90. The van der Waals surface area contributed by atoms with Crippen LogP contribution < -0.4 is 0 Å². The molecule has 2 aliphatic heterocycles. The lowest BCUT2D eigenvalue weighted by Gasteiger charge is -2.28. The Labute approximate surface area is 136 Å². The lowest BCUT2D eigenvalue weighted by Crippen LogP contribution is -2.28. The van der Waals surface area contributed by atoms with Gasteiger partial charge in [0.25, 0.3) is 0 Å². The molecule has 3 heteroatoms.